The summed E-state index contributed by atoms with van der Waals surface area (Å²) in [6.45, 7) is 0. The van der Waals surface area contributed by atoms with Crippen molar-refractivity contribution in [3.05, 3.63) is 23.7 Å². The van der Waals surface area contributed by atoms with Crippen LogP contribution in [0.2, 0.25) is 0 Å². The fraction of sp³-hybridized carbons (Fsp3) is 0.286. The molecule has 3 nitrogen and oxygen atoms in total. The van der Waals surface area contributed by atoms with E-state index in [9.17, 15) is 0 Å². The SMILES string of the molecule is ClC1=NOC2=CCCC=C2O1. The molecule has 0 amide bonds. The van der Waals surface area contributed by atoms with Gasteiger partial charge in [0.15, 0.2) is 11.5 Å². The van der Waals surface area contributed by atoms with Gasteiger partial charge >= 0.3 is 5.36 Å². The molecule has 0 saturated heterocycles. The lowest BCUT2D eigenvalue weighted by Gasteiger charge is -2.17. The third-order valence-electron chi connectivity index (χ3n) is 1.48. The van der Waals surface area contributed by atoms with Gasteiger partial charge < -0.3 is 9.57 Å². The maximum Gasteiger partial charge on any atom is 0.327 e. The second-order valence-electron chi connectivity index (χ2n) is 2.25. The zero-order chi connectivity index (χ0) is 7.68. The Bertz CT molecular complexity index is 268. The molecule has 0 aromatic heterocycles. The molecule has 0 bridgehead atoms. The maximum atomic E-state index is 5.47. The van der Waals surface area contributed by atoms with Gasteiger partial charge in [0.25, 0.3) is 0 Å². The summed E-state index contributed by atoms with van der Waals surface area (Å²) >= 11 is 5.47. The van der Waals surface area contributed by atoms with Crippen LogP contribution in [-0.4, -0.2) is 5.36 Å². The van der Waals surface area contributed by atoms with Crippen LogP contribution in [0.25, 0.3) is 0 Å². The average molecular weight is 172 g/mol. The van der Waals surface area contributed by atoms with E-state index in [1.807, 2.05) is 12.2 Å². The Morgan fingerprint density at radius 3 is 2.82 bits per heavy atom. The predicted molar refractivity (Wildman–Crippen MR) is 40.9 cm³/mol. The molecule has 1 aliphatic heterocycles. The van der Waals surface area contributed by atoms with Crippen molar-refractivity contribution in [1.82, 2.24) is 0 Å². The van der Waals surface area contributed by atoms with Crippen LogP contribution in [0.15, 0.2) is 28.8 Å². The first kappa shape index (κ1) is 6.73. The lowest BCUT2D eigenvalue weighted by atomic mass is 10.1. The summed E-state index contributed by atoms with van der Waals surface area (Å²) in [6, 6.07) is 0. The van der Waals surface area contributed by atoms with E-state index in [-0.39, 0.29) is 5.36 Å². The third-order valence-corrected chi connectivity index (χ3v) is 1.63. The third kappa shape index (κ3) is 1.24. The van der Waals surface area contributed by atoms with Gasteiger partial charge in [-0.3, -0.25) is 0 Å². The molecule has 0 spiro atoms. The summed E-state index contributed by atoms with van der Waals surface area (Å²) in [7, 11) is 0. The summed E-state index contributed by atoms with van der Waals surface area (Å²) in [5.41, 5.74) is 0. The molecular formula is C7H6ClNO2. The molecule has 11 heavy (non-hydrogen) atoms. The lowest BCUT2D eigenvalue weighted by Crippen LogP contribution is -2.10. The van der Waals surface area contributed by atoms with Crippen LogP contribution in [0.4, 0.5) is 0 Å². The number of ether oxygens (including phenoxy) is 1. The maximum absolute atomic E-state index is 5.47. The number of hydrogen-bond donors (Lipinski definition) is 0. The highest BCUT2D eigenvalue weighted by molar-refractivity contribution is 6.63. The van der Waals surface area contributed by atoms with Gasteiger partial charge in [0.1, 0.15) is 0 Å². The van der Waals surface area contributed by atoms with Crippen molar-refractivity contribution in [3.8, 4) is 0 Å². The van der Waals surface area contributed by atoms with Crippen LogP contribution >= 0.6 is 11.6 Å². The molecule has 0 unspecified atom stereocenters. The molecule has 0 radical (unpaired) electrons. The van der Waals surface area contributed by atoms with Crippen LogP contribution < -0.4 is 0 Å². The van der Waals surface area contributed by atoms with E-state index in [4.69, 9.17) is 21.2 Å². The Hall–Kier alpha value is -0.960. The summed E-state index contributed by atoms with van der Waals surface area (Å²) < 4.78 is 5.07. The van der Waals surface area contributed by atoms with Gasteiger partial charge in [0, 0.05) is 0 Å². The second-order valence-corrected chi connectivity index (χ2v) is 2.58. The van der Waals surface area contributed by atoms with E-state index in [1.54, 1.807) is 0 Å². The van der Waals surface area contributed by atoms with Gasteiger partial charge in [-0.05, 0) is 41.8 Å². The van der Waals surface area contributed by atoms with Crippen LogP contribution in [0.5, 0.6) is 0 Å². The van der Waals surface area contributed by atoms with Gasteiger partial charge in [0.2, 0.25) is 0 Å². The van der Waals surface area contributed by atoms with Gasteiger partial charge in [-0.1, -0.05) is 0 Å². The van der Waals surface area contributed by atoms with E-state index < -0.39 is 0 Å². The zero-order valence-corrected chi connectivity index (χ0v) is 6.47. The number of hydrogen-bond acceptors (Lipinski definition) is 3. The summed E-state index contributed by atoms with van der Waals surface area (Å²) in [5.74, 6) is 1.34. The molecule has 58 valence electrons. The van der Waals surface area contributed by atoms with Crippen molar-refractivity contribution < 1.29 is 9.57 Å². The molecule has 0 aromatic rings. The van der Waals surface area contributed by atoms with Crippen LogP contribution in [0.3, 0.4) is 0 Å². The Balaban J connectivity index is 2.29. The van der Waals surface area contributed by atoms with E-state index in [2.05, 4.69) is 5.16 Å². The molecular weight excluding hydrogens is 166 g/mol. The predicted octanol–water partition coefficient (Wildman–Crippen LogP) is 2.10. The molecule has 2 rings (SSSR count). The molecule has 0 atom stereocenters. The first-order chi connectivity index (χ1) is 5.36. The number of nitrogens with zero attached hydrogens (tertiary/aromatic N) is 1. The average Bonchev–Trinajstić information content (AvgIpc) is 2.04. The minimum Gasteiger partial charge on any atom is -0.424 e. The Morgan fingerprint density at radius 1 is 1.27 bits per heavy atom. The van der Waals surface area contributed by atoms with Crippen LogP contribution in [0.1, 0.15) is 12.8 Å². The largest absolute Gasteiger partial charge is 0.424 e. The zero-order valence-electron chi connectivity index (χ0n) is 5.71. The highest BCUT2D eigenvalue weighted by atomic mass is 35.5. The van der Waals surface area contributed by atoms with Crippen molar-refractivity contribution in [1.29, 1.82) is 0 Å². The normalized spacial score (nSPS) is 21.7. The number of oxime groups is 1. The fourth-order valence-electron chi connectivity index (χ4n) is 0.999. The number of fused-ring (bicyclic) bond motifs is 1. The first-order valence-electron chi connectivity index (χ1n) is 3.35. The van der Waals surface area contributed by atoms with Crippen LogP contribution in [0, 0.1) is 0 Å². The van der Waals surface area contributed by atoms with Gasteiger partial charge in [-0.25, -0.2) is 0 Å². The molecule has 0 saturated carbocycles. The quantitative estimate of drug-likeness (QED) is 0.559. The lowest BCUT2D eigenvalue weighted by molar-refractivity contribution is 0.170. The molecule has 1 aliphatic carbocycles. The van der Waals surface area contributed by atoms with Crippen LogP contribution in [-0.2, 0) is 9.57 Å². The van der Waals surface area contributed by atoms with Crippen molar-refractivity contribution in [3.63, 3.8) is 0 Å². The van der Waals surface area contributed by atoms with E-state index >= 15 is 0 Å². The Labute approximate surface area is 68.9 Å². The Morgan fingerprint density at radius 2 is 2.00 bits per heavy atom. The van der Waals surface area contributed by atoms with Gasteiger partial charge in [-0.15, -0.1) is 0 Å². The van der Waals surface area contributed by atoms with E-state index in [0.29, 0.717) is 11.5 Å². The monoisotopic (exact) mass is 171 g/mol. The highest BCUT2D eigenvalue weighted by Gasteiger charge is 2.18. The van der Waals surface area contributed by atoms with Crippen molar-refractivity contribution in [2.24, 2.45) is 5.16 Å². The van der Waals surface area contributed by atoms with Crippen molar-refractivity contribution >= 4 is 17.0 Å². The molecule has 1 heterocycles. The molecule has 4 heteroatoms. The Kier molecular flexibility index (Phi) is 1.58. The van der Waals surface area contributed by atoms with Crippen molar-refractivity contribution in [2.75, 3.05) is 0 Å². The second kappa shape index (κ2) is 2.58. The first-order valence-corrected chi connectivity index (χ1v) is 3.73. The number of allylic oxidation sites excluding steroid dienone is 2. The van der Waals surface area contributed by atoms with Gasteiger partial charge in [0.05, 0.1) is 0 Å². The standard InChI is InChI=1S/C7H6ClNO2/c8-7-9-11-6-4-2-1-3-5(6)10-7/h3-4H,1-2H2. The van der Waals surface area contributed by atoms with E-state index in [1.165, 1.54) is 0 Å². The number of halogens is 1. The molecule has 0 aromatic carbocycles. The summed E-state index contributed by atoms with van der Waals surface area (Å²) in [4.78, 5) is 4.92. The number of rotatable bonds is 0. The smallest absolute Gasteiger partial charge is 0.327 e. The molecule has 0 N–H and O–H groups in total. The van der Waals surface area contributed by atoms with Gasteiger partial charge in [-0.2, -0.15) is 0 Å². The minimum atomic E-state index is 0.0373. The molecule has 0 fully saturated rings. The fourth-order valence-corrected chi connectivity index (χ4v) is 1.12. The summed E-state index contributed by atoms with van der Waals surface area (Å²) in [6.07, 6.45) is 5.80. The van der Waals surface area contributed by atoms with Crippen molar-refractivity contribution in [2.45, 2.75) is 12.8 Å². The highest BCUT2D eigenvalue weighted by Crippen LogP contribution is 2.25. The molecule has 2 aliphatic rings. The minimum absolute atomic E-state index is 0.0373. The summed E-state index contributed by atoms with van der Waals surface area (Å²) in [5, 5.41) is 3.50. The van der Waals surface area contributed by atoms with E-state index in [0.717, 1.165) is 12.8 Å². The topological polar surface area (TPSA) is 30.8 Å².